The second-order valence-electron chi connectivity index (χ2n) is 10.0. The molecule has 3 N–H and O–H groups in total. The standard InChI is InChI=1S/C33H31N3O6/c1-21(41-19-22-9-3-2-4-10-22)30(32(38)39)36-31(37)23-15-16-34-24(17-23)18-35-33(40)42-20-29-27-13-7-5-11-25(27)26-12-6-8-14-28(26)29/h2-17,21,29-30H,18-20H2,1H3,(H,35,40)(H,36,37)(H,38,39). The Morgan fingerprint density at radius 3 is 2.21 bits per heavy atom. The molecule has 2 unspecified atom stereocenters. The third-order valence-corrected chi connectivity index (χ3v) is 7.21. The Balaban J connectivity index is 1.14. The fourth-order valence-corrected chi connectivity index (χ4v) is 5.03. The molecule has 0 saturated heterocycles. The molecule has 2 amide bonds. The number of carbonyl (C=O) groups is 3. The number of carbonyl (C=O) groups excluding carboxylic acids is 2. The topological polar surface area (TPSA) is 127 Å². The molecule has 1 heterocycles. The maximum atomic E-state index is 12.9. The van der Waals surface area contributed by atoms with Crippen molar-refractivity contribution in [1.82, 2.24) is 15.6 Å². The molecular formula is C33H31N3O6. The van der Waals surface area contributed by atoms with E-state index in [1.165, 1.54) is 18.3 Å². The number of nitrogens with zero attached hydrogens (tertiary/aromatic N) is 1. The van der Waals surface area contributed by atoms with E-state index < -0.39 is 30.1 Å². The monoisotopic (exact) mass is 565 g/mol. The van der Waals surface area contributed by atoms with Crippen molar-refractivity contribution in [3.63, 3.8) is 0 Å². The minimum Gasteiger partial charge on any atom is -0.480 e. The molecule has 9 heteroatoms. The second-order valence-corrected chi connectivity index (χ2v) is 10.0. The summed E-state index contributed by atoms with van der Waals surface area (Å²) in [6.45, 7) is 2.01. The lowest BCUT2D eigenvalue weighted by Crippen LogP contribution is -2.48. The number of pyridine rings is 1. The van der Waals surface area contributed by atoms with E-state index in [4.69, 9.17) is 9.47 Å². The van der Waals surface area contributed by atoms with Crippen LogP contribution in [-0.2, 0) is 27.4 Å². The Kier molecular flexibility index (Phi) is 8.89. The molecule has 0 saturated carbocycles. The molecular weight excluding hydrogens is 534 g/mol. The minimum atomic E-state index is -1.27. The molecule has 0 radical (unpaired) electrons. The summed E-state index contributed by atoms with van der Waals surface area (Å²) in [5.74, 6) is -1.87. The highest BCUT2D eigenvalue weighted by molar-refractivity contribution is 5.96. The smallest absolute Gasteiger partial charge is 0.407 e. The fraction of sp³-hybridized carbons (Fsp3) is 0.212. The third-order valence-electron chi connectivity index (χ3n) is 7.21. The summed E-state index contributed by atoms with van der Waals surface area (Å²) in [6.07, 6.45) is 0.0291. The highest BCUT2D eigenvalue weighted by atomic mass is 16.5. The first kappa shape index (κ1) is 28.5. The Morgan fingerprint density at radius 1 is 0.905 bits per heavy atom. The first-order valence-corrected chi connectivity index (χ1v) is 13.6. The molecule has 1 aliphatic rings. The van der Waals surface area contributed by atoms with Crippen LogP contribution in [0.15, 0.2) is 97.2 Å². The first-order valence-electron chi connectivity index (χ1n) is 13.6. The Morgan fingerprint density at radius 2 is 1.55 bits per heavy atom. The molecule has 0 fully saturated rings. The van der Waals surface area contributed by atoms with Crippen LogP contribution in [0.4, 0.5) is 4.79 Å². The fourth-order valence-electron chi connectivity index (χ4n) is 5.03. The maximum Gasteiger partial charge on any atom is 0.407 e. The van der Waals surface area contributed by atoms with Crippen molar-refractivity contribution in [2.24, 2.45) is 0 Å². The van der Waals surface area contributed by atoms with Crippen molar-refractivity contribution < 1.29 is 29.0 Å². The van der Waals surface area contributed by atoms with Crippen LogP contribution in [0.3, 0.4) is 0 Å². The number of fused-ring (bicyclic) bond motifs is 3. The van der Waals surface area contributed by atoms with Crippen LogP contribution in [-0.4, -0.2) is 46.8 Å². The van der Waals surface area contributed by atoms with Gasteiger partial charge in [-0.25, -0.2) is 9.59 Å². The number of rotatable bonds is 11. The van der Waals surface area contributed by atoms with Crippen LogP contribution in [0.1, 0.15) is 45.6 Å². The van der Waals surface area contributed by atoms with Crippen LogP contribution in [0.2, 0.25) is 0 Å². The molecule has 2 atom stereocenters. The van der Waals surface area contributed by atoms with Gasteiger partial charge in [-0.05, 0) is 46.9 Å². The summed E-state index contributed by atoms with van der Waals surface area (Å²) >= 11 is 0. The number of aliphatic carboxylic acids is 1. The van der Waals surface area contributed by atoms with Crippen molar-refractivity contribution >= 4 is 18.0 Å². The average Bonchev–Trinajstić information content (AvgIpc) is 3.34. The van der Waals surface area contributed by atoms with Crippen molar-refractivity contribution in [3.05, 3.63) is 125 Å². The summed E-state index contributed by atoms with van der Waals surface area (Å²) in [4.78, 5) is 41.6. The van der Waals surface area contributed by atoms with Gasteiger partial charge in [-0.15, -0.1) is 0 Å². The summed E-state index contributed by atoms with van der Waals surface area (Å²) in [5, 5.41) is 14.9. The summed E-state index contributed by atoms with van der Waals surface area (Å²) in [5.41, 5.74) is 6.03. The van der Waals surface area contributed by atoms with Crippen molar-refractivity contribution in [3.8, 4) is 11.1 Å². The molecule has 0 spiro atoms. The van der Waals surface area contributed by atoms with Gasteiger partial charge in [0.2, 0.25) is 0 Å². The van der Waals surface area contributed by atoms with E-state index in [0.717, 1.165) is 27.8 Å². The van der Waals surface area contributed by atoms with Gasteiger partial charge >= 0.3 is 12.1 Å². The zero-order valence-electron chi connectivity index (χ0n) is 23.0. The van der Waals surface area contributed by atoms with Gasteiger partial charge in [0.25, 0.3) is 5.91 Å². The van der Waals surface area contributed by atoms with Gasteiger partial charge in [-0.2, -0.15) is 0 Å². The van der Waals surface area contributed by atoms with E-state index in [9.17, 15) is 19.5 Å². The van der Waals surface area contributed by atoms with Crippen molar-refractivity contribution in [2.75, 3.05) is 6.61 Å². The number of alkyl carbamates (subject to hydrolysis) is 1. The highest BCUT2D eigenvalue weighted by Crippen LogP contribution is 2.44. The zero-order valence-corrected chi connectivity index (χ0v) is 23.0. The third kappa shape index (κ3) is 6.64. The molecule has 9 nitrogen and oxygen atoms in total. The number of nitrogens with one attached hydrogen (secondary N) is 2. The van der Waals surface area contributed by atoms with E-state index in [0.29, 0.717) is 5.69 Å². The summed E-state index contributed by atoms with van der Waals surface area (Å²) in [7, 11) is 0. The van der Waals surface area contributed by atoms with Crippen LogP contribution in [0.25, 0.3) is 11.1 Å². The van der Waals surface area contributed by atoms with Crippen molar-refractivity contribution in [2.45, 2.75) is 38.1 Å². The lowest BCUT2D eigenvalue weighted by atomic mass is 9.98. The zero-order chi connectivity index (χ0) is 29.5. The molecule has 42 heavy (non-hydrogen) atoms. The maximum absolute atomic E-state index is 12.9. The molecule has 5 rings (SSSR count). The Labute approximate surface area is 243 Å². The van der Waals surface area contributed by atoms with Crippen LogP contribution in [0.5, 0.6) is 0 Å². The SMILES string of the molecule is CC(OCc1ccccc1)C(NC(=O)c1ccnc(CNC(=O)OCC2c3ccccc3-c3ccccc32)c1)C(=O)O. The normalized spacial score (nSPS) is 13.4. The number of carboxylic acids is 1. The summed E-state index contributed by atoms with van der Waals surface area (Å²) in [6, 6.07) is 27.2. The Hall–Kier alpha value is -5.02. The van der Waals surface area contributed by atoms with Gasteiger partial charge in [0.05, 0.1) is 24.9 Å². The van der Waals surface area contributed by atoms with Gasteiger partial charge in [0, 0.05) is 17.7 Å². The number of hydrogen-bond donors (Lipinski definition) is 3. The first-order chi connectivity index (χ1) is 20.4. The van der Waals surface area contributed by atoms with E-state index in [2.05, 4.69) is 27.8 Å². The van der Waals surface area contributed by atoms with E-state index in [-0.39, 0.29) is 31.2 Å². The predicted molar refractivity (Wildman–Crippen MR) is 156 cm³/mol. The number of benzene rings is 3. The molecule has 0 aliphatic heterocycles. The average molecular weight is 566 g/mol. The number of ether oxygens (including phenoxy) is 2. The molecule has 1 aliphatic carbocycles. The highest BCUT2D eigenvalue weighted by Gasteiger charge is 2.30. The molecule has 3 aromatic carbocycles. The molecule has 214 valence electrons. The van der Waals surface area contributed by atoms with Gasteiger partial charge < -0.3 is 25.2 Å². The quantitative estimate of drug-likeness (QED) is 0.236. The number of amides is 2. The lowest BCUT2D eigenvalue weighted by Gasteiger charge is -2.22. The number of carboxylic acid groups (broad SMARTS) is 1. The van der Waals surface area contributed by atoms with Crippen LogP contribution >= 0.6 is 0 Å². The molecule has 4 aromatic rings. The molecule has 1 aromatic heterocycles. The van der Waals surface area contributed by atoms with Gasteiger partial charge in [-0.3, -0.25) is 9.78 Å². The molecule has 0 bridgehead atoms. The van der Waals surface area contributed by atoms with E-state index in [1.807, 2.05) is 66.7 Å². The van der Waals surface area contributed by atoms with E-state index >= 15 is 0 Å². The van der Waals surface area contributed by atoms with Crippen molar-refractivity contribution in [1.29, 1.82) is 0 Å². The minimum absolute atomic E-state index is 0.0245. The van der Waals surface area contributed by atoms with Crippen LogP contribution < -0.4 is 10.6 Å². The summed E-state index contributed by atoms with van der Waals surface area (Å²) < 4.78 is 11.3. The van der Waals surface area contributed by atoms with Gasteiger partial charge in [-0.1, -0.05) is 78.9 Å². The largest absolute Gasteiger partial charge is 0.480 e. The number of aromatic nitrogens is 1. The number of hydrogen-bond acceptors (Lipinski definition) is 6. The van der Waals surface area contributed by atoms with Gasteiger partial charge in [0.1, 0.15) is 6.61 Å². The van der Waals surface area contributed by atoms with E-state index in [1.54, 1.807) is 6.92 Å². The van der Waals surface area contributed by atoms with Gasteiger partial charge in [0.15, 0.2) is 6.04 Å². The second kappa shape index (κ2) is 13.1. The predicted octanol–water partition coefficient (Wildman–Crippen LogP) is 4.91. The Bertz CT molecular complexity index is 1530. The van der Waals surface area contributed by atoms with Crippen LogP contribution in [0, 0.1) is 0 Å². The lowest BCUT2D eigenvalue weighted by molar-refractivity contribution is -0.143.